The summed E-state index contributed by atoms with van der Waals surface area (Å²) >= 11 is 0. The number of benzene rings is 2. The number of amides is 1. The van der Waals surface area contributed by atoms with Crippen LogP contribution in [0.2, 0.25) is 0 Å². The lowest BCUT2D eigenvalue weighted by molar-refractivity contribution is -0.138. The molecular formula is C26H31N3O2. The lowest BCUT2D eigenvalue weighted by Crippen LogP contribution is -2.44. The standard InChI is InChI=1S/C26H31N3O2/c1-19-24(27-25(31-19)23-10-9-20-7-3-4-8-22(20)17-23)18-28-15-11-21(12-16-28)26(30)29-13-5-2-6-14-29/h3-4,7-10,17,21H,2,5-6,11-16,18H2,1H3. The number of aromatic nitrogens is 1. The highest BCUT2D eigenvalue weighted by atomic mass is 16.4. The Kier molecular flexibility index (Phi) is 5.77. The van der Waals surface area contributed by atoms with E-state index in [0.717, 1.165) is 75.4 Å². The lowest BCUT2D eigenvalue weighted by Gasteiger charge is -2.35. The maximum absolute atomic E-state index is 12.8. The van der Waals surface area contributed by atoms with Crippen molar-refractivity contribution in [1.29, 1.82) is 0 Å². The van der Waals surface area contributed by atoms with Crippen LogP contribution in [0.1, 0.15) is 43.6 Å². The molecule has 0 saturated carbocycles. The number of hydrogen-bond donors (Lipinski definition) is 0. The van der Waals surface area contributed by atoms with E-state index in [1.807, 2.05) is 6.92 Å². The van der Waals surface area contributed by atoms with Crippen molar-refractivity contribution in [1.82, 2.24) is 14.8 Å². The summed E-state index contributed by atoms with van der Waals surface area (Å²) in [4.78, 5) is 22.1. The molecule has 2 saturated heterocycles. The van der Waals surface area contributed by atoms with Gasteiger partial charge >= 0.3 is 0 Å². The molecule has 0 bridgehead atoms. The second-order valence-corrected chi connectivity index (χ2v) is 9.02. The minimum absolute atomic E-state index is 0.195. The van der Waals surface area contributed by atoms with Gasteiger partial charge in [-0.25, -0.2) is 4.98 Å². The Morgan fingerprint density at radius 1 is 1.00 bits per heavy atom. The van der Waals surface area contributed by atoms with Crippen molar-refractivity contribution in [2.24, 2.45) is 5.92 Å². The van der Waals surface area contributed by atoms with Crippen molar-refractivity contribution in [3.05, 3.63) is 53.9 Å². The molecule has 2 aliphatic heterocycles. The van der Waals surface area contributed by atoms with Gasteiger partial charge in [0.25, 0.3) is 0 Å². The predicted octanol–water partition coefficient (Wildman–Crippen LogP) is 5.03. The summed E-state index contributed by atoms with van der Waals surface area (Å²) in [5.41, 5.74) is 2.02. The fourth-order valence-corrected chi connectivity index (χ4v) is 4.94. The summed E-state index contributed by atoms with van der Waals surface area (Å²) in [6, 6.07) is 14.7. The van der Waals surface area contributed by atoms with Gasteiger partial charge in [0, 0.05) is 31.1 Å². The SMILES string of the molecule is Cc1oc(-c2ccc3ccccc3c2)nc1CN1CCC(C(=O)N2CCCCC2)CC1. The van der Waals surface area contributed by atoms with Crippen LogP contribution in [0.5, 0.6) is 0 Å². The average Bonchev–Trinajstić information content (AvgIpc) is 3.19. The molecular weight excluding hydrogens is 386 g/mol. The van der Waals surface area contributed by atoms with E-state index in [9.17, 15) is 4.79 Å². The molecule has 5 heteroatoms. The fourth-order valence-electron chi connectivity index (χ4n) is 4.94. The van der Waals surface area contributed by atoms with Gasteiger partial charge in [0.1, 0.15) is 5.76 Å². The van der Waals surface area contributed by atoms with Crippen LogP contribution in [0.4, 0.5) is 0 Å². The molecule has 2 fully saturated rings. The summed E-state index contributed by atoms with van der Waals surface area (Å²) in [5, 5.41) is 2.41. The highest BCUT2D eigenvalue weighted by molar-refractivity contribution is 5.86. The Morgan fingerprint density at radius 3 is 2.52 bits per heavy atom. The van der Waals surface area contributed by atoms with Gasteiger partial charge in [-0.3, -0.25) is 9.69 Å². The fraction of sp³-hybridized carbons (Fsp3) is 0.462. The lowest BCUT2D eigenvalue weighted by atomic mass is 9.94. The first kappa shape index (κ1) is 20.3. The number of aryl methyl sites for hydroxylation is 1. The molecule has 0 atom stereocenters. The largest absolute Gasteiger partial charge is 0.441 e. The van der Waals surface area contributed by atoms with Gasteiger partial charge in [0.15, 0.2) is 0 Å². The molecule has 5 rings (SSSR count). The number of nitrogens with zero attached hydrogens (tertiary/aromatic N) is 3. The van der Waals surface area contributed by atoms with Crippen LogP contribution in [-0.4, -0.2) is 46.9 Å². The molecule has 0 radical (unpaired) electrons. The van der Waals surface area contributed by atoms with E-state index in [4.69, 9.17) is 9.40 Å². The number of likely N-dealkylation sites (tertiary alicyclic amines) is 2. The third-order valence-electron chi connectivity index (χ3n) is 6.87. The Morgan fingerprint density at radius 2 is 1.74 bits per heavy atom. The van der Waals surface area contributed by atoms with Crippen molar-refractivity contribution in [3.8, 4) is 11.5 Å². The molecule has 2 aliphatic rings. The summed E-state index contributed by atoms with van der Waals surface area (Å²) in [6.07, 6.45) is 5.49. The maximum Gasteiger partial charge on any atom is 0.226 e. The summed E-state index contributed by atoms with van der Waals surface area (Å²) < 4.78 is 6.03. The van der Waals surface area contributed by atoms with Crippen LogP contribution < -0.4 is 0 Å². The molecule has 0 aliphatic carbocycles. The van der Waals surface area contributed by atoms with E-state index in [-0.39, 0.29) is 5.92 Å². The molecule has 1 aromatic heterocycles. The topological polar surface area (TPSA) is 49.6 Å². The van der Waals surface area contributed by atoms with Crippen LogP contribution in [0, 0.1) is 12.8 Å². The van der Waals surface area contributed by atoms with E-state index < -0.39 is 0 Å². The van der Waals surface area contributed by atoms with Crippen molar-refractivity contribution in [2.75, 3.05) is 26.2 Å². The third kappa shape index (κ3) is 4.38. The molecule has 1 amide bonds. The van der Waals surface area contributed by atoms with Gasteiger partial charge in [0.05, 0.1) is 5.69 Å². The Bertz CT molecular complexity index is 1060. The van der Waals surface area contributed by atoms with E-state index in [1.54, 1.807) is 0 Å². The molecule has 3 aromatic rings. The number of rotatable bonds is 4. The summed E-state index contributed by atoms with van der Waals surface area (Å²) in [5.74, 6) is 2.15. The first-order chi connectivity index (χ1) is 15.2. The van der Waals surface area contributed by atoms with Crippen LogP contribution in [0.3, 0.4) is 0 Å². The van der Waals surface area contributed by atoms with Gasteiger partial charge < -0.3 is 9.32 Å². The van der Waals surface area contributed by atoms with Crippen LogP contribution >= 0.6 is 0 Å². The van der Waals surface area contributed by atoms with E-state index in [2.05, 4.69) is 52.3 Å². The maximum atomic E-state index is 12.8. The summed E-state index contributed by atoms with van der Waals surface area (Å²) in [7, 11) is 0. The van der Waals surface area contributed by atoms with Crippen molar-refractivity contribution in [2.45, 2.75) is 45.6 Å². The second kappa shape index (κ2) is 8.83. The van der Waals surface area contributed by atoms with Crippen LogP contribution in [0.25, 0.3) is 22.2 Å². The molecule has 31 heavy (non-hydrogen) atoms. The van der Waals surface area contributed by atoms with Crippen molar-refractivity contribution >= 4 is 16.7 Å². The number of carbonyl (C=O) groups excluding carboxylic acids is 1. The Labute approximate surface area is 184 Å². The molecule has 162 valence electrons. The quantitative estimate of drug-likeness (QED) is 0.598. The molecule has 0 spiro atoms. The van der Waals surface area contributed by atoms with Gasteiger partial charge in [-0.15, -0.1) is 0 Å². The zero-order valence-electron chi connectivity index (χ0n) is 18.3. The van der Waals surface area contributed by atoms with E-state index >= 15 is 0 Å². The van der Waals surface area contributed by atoms with E-state index in [0.29, 0.717) is 11.8 Å². The van der Waals surface area contributed by atoms with Crippen LogP contribution in [0.15, 0.2) is 46.9 Å². The van der Waals surface area contributed by atoms with Gasteiger partial charge in [-0.2, -0.15) is 0 Å². The predicted molar refractivity (Wildman–Crippen MR) is 123 cm³/mol. The number of fused-ring (bicyclic) bond motifs is 1. The average molecular weight is 418 g/mol. The monoisotopic (exact) mass is 417 g/mol. The molecule has 0 N–H and O–H groups in total. The third-order valence-corrected chi connectivity index (χ3v) is 6.87. The first-order valence-corrected chi connectivity index (χ1v) is 11.6. The first-order valence-electron chi connectivity index (χ1n) is 11.6. The molecule has 3 heterocycles. The zero-order valence-corrected chi connectivity index (χ0v) is 18.3. The highest BCUT2D eigenvalue weighted by Gasteiger charge is 2.29. The second-order valence-electron chi connectivity index (χ2n) is 9.02. The zero-order chi connectivity index (χ0) is 21.2. The molecule has 2 aromatic carbocycles. The smallest absolute Gasteiger partial charge is 0.226 e. The Hall–Kier alpha value is -2.66. The van der Waals surface area contributed by atoms with Gasteiger partial charge in [-0.1, -0.05) is 30.3 Å². The Balaban J connectivity index is 1.22. The van der Waals surface area contributed by atoms with Crippen molar-refractivity contribution < 1.29 is 9.21 Å². The highest BCUT2D eigenvalue weighted by Crippen LogP contribution is 2.28. The van der Waals surface area contributed by atoms with Crippen LogP contribution in [-0.2, 0) is 11.3 Å². The normalized spacial score (nSPS) is 18.5. The van der Waals surface area contributed by atoms with E-state index in [1.165, 1.54) is 17.2 Å². The number of hydrogen-bond acceptors (Lipinski definition) is 4. The number of piperidine rings is 2. The minimum Gasteiger partial charge on any atom is -0.441 e. The van der Waals surface area contributed by atoms with Crippen molar-refractivity contribution in [3.63, 3.8) is 0 Å². The number of carbonyl (C=O) groups is 1. The molecule has 5 nitrogen and oxygen atoms in total. The van der Waals surface area contributed by atoms with Gasteiger partial charge in [-0.05, 0) is 75.0 Å². The summed E-state index contributed by atoms with van der Waals surface area (Å²) in [6.45, 7) is 6.58. The molecule has 0 unspecified atom stereocenters. The number of oxazole rings is 1. The van der Waals surface area contributed by atoms with Gasteiger partial charge in [0.2, 0.25) is 11.8 Å². The minimum atomic E-state index is 0.195.